The number of carbonyl (C=O) groups excluding carboxylic acids is 1. The van der Waals surface area contributed by atoms with Gasteiger partial charge in [0.1, 0.15) is 11.5 Å². The second kappa shape index (κ2) is 8.52. The first-order valence-corrected chi connectivity index (χ1v) is 7.10. The molecule has 5 heteroatoms. The van der Waals surface area contributed by atoms with E-state index in [9.17, 15) is 4.79 Å². The molecule has 118 valence electrons. The fourth-order valence-electron chi connectivity index (χ4n) is 1.82. The number of hydrogen-bond acceptors (Lipinski definition) is 5. The minimum Gasteiger partial charge on any atom is -0.497 e. The number of hydrogen-bond donors (Lipinski definition) is 1. The Hall–Kier alpha value is -1.75. The molecule has 1 unspecified atom stereocenters. The van der Waals surface area contributed by atoms with Crippen LogP contribution in [0.4, 0.5) is 0 Å². The zero-order valence-electron chi connectivity index (χ0n) is 13.4. The minimum absolute atomic E-state index is 0.404. The van der Waals surface area contributed by atoms with Gasteiger partial charge in [0.15, 0.2) is 6.10 Å². The van der Waals surface area contributed by atoms with Gasteiger partial charge in [-0.3, -0.25) is 0 Å². The lowest BCUT2D eigenvalue weighted by Gasteiger charge is -2.17. The van der Waals surface area contributed by atoms with E-state index in [0.29, 0.717) is 24.0 Å². The number of methoxy groups -OCH3 is 2. The Kier molecular flexibility index (Phi) is 7.02. The van der Waals surface area contributed by atoms with E-state index < -0.39 is 12.1 Å². The molecule has 5 nitrogen and oxygen atoms in total. The van der Waals surface area contributed by atoms with Crippen LogP contribution < -0.4 is 14.8 Å². The molecule has 0 aromatic heterocycles. The Morgan fingerprint density at radius 1 is 1.24 bits per heavy atom. The molecule has 0 saturated heterocycles. The summed E-state index contributed by atoms with van der Waals surface area (Å²) in [5.74, 6) is 1.48. The van der Waals surface area contributed by atoms with Crippen LogP contribution in [0.2, 0.25) is 0 Å². The summed E-state index contributed by atoms with van der Waals surface area (Å²) >= 11 is 0. The lowest BCUT2D eigenvalue weighted by molar-refractivity contribution is -0.147. The Balaban J connectivity index is 2.83. The number of rotatable bonds is 8. The molecular formula is C16H25NO4. The average Bonchev–Trinajstić information content (AvgIpc) is 2.47. The second-order valence-corrected chi connectivity index (χ2v) is 5.28. The predicted molar refractivity (Wildman–Crippen MR) is 81.6 cm³/mol. The molecule has 0 aliphatic rings. The third-order valence-corrected chi connectivity index (χ3v) is 2.98. The van der Waals surface area contributed by atoms with Gasteiger partial charge in [-0.15, -0.1) is 0 Å². The maximum Gasteiger partial charge on any atom is 0.346 e. The highest BCUT2D eigenvalue weighted by atomic mass is 16.6. The van der Waals surface area contributed by atoms with Crippen molar-refractivity contribution in [3.05, 3.63) is 23.8 Å². The van der Waals surface area contributed by atoms with Crippen LogP contribution in [0.15, 0.2) is 18.2 Å². The van der Waals surface area contributed by atoms with Gasteiger partial charge in [-0.2, -0.15) is 0 Å². The summed E-state index contributed by atoms with van der Waals surface area (Å²) in [5.41, 5.74) is 0.979. The van der Waals surface area contributed by atoms with E-state index in [2.05, 4.69) is 23.9 Å². The first-order chi connectivity index (χ1) is 9.97. The fraction of sp³-hybridized carbons (Fsp3) is 0.562. The van der Waals surface area contributed by atoms with Crippen molar-refractivity contribution in [2.45, 2.75) is 33.4 Å². The zero-order chi connectivity index (χ0) is 15.8. The van der Waals surface area contributed by atoms with Crippen molar-refractivity contribution >= 4 is 5.97 Å². The third-order valence-electron chi connectivity index (χ3n) is 2.98. The average molecular weight is 295 g/mol. The summed E-state index contributed by atoms with van der Waals surface area (Å²) in [4.78, 5) is 11.5. The number of nitrogens with one attached hydrogen (secondary N) is 1. The van der Waals surface area contributed by atoms with Crippen LogP contribution in [0.5, 0.6) is 11.5 Å². The van der Waals surface area contributed by atoms with Crippen LogP contribution in [-0.4, -0.2) is 32.8 Å². The standard InChI is InChI=1S/C16H25NO4/c1-11(2)9-17-10-13-6-7-14(19-4)8-15(13)21-12(3)16(18)20-5/h6-8,11-12,17H,9-10H2,1-5H3. The summed E-state index contributed by atoms with van der Waals surface area (Å²) in [6, 6.07) is 5.60. The van der Waals surface area contributed by atoms with Crippen LogP contribution in [0.3, 0.4) is 0 Å². The molecule has 0 amide bonds. The Bertz CT molecular complexity index is 460. The molecule has 0 aliphatic heterocycles. The third kappa shape index (κ3) is 5.63. The lowest BCUT2D eigenvalue weighted by atomic mass is 10.1. The van der Waals surface area contributed by atoms with E-state index in [-0.39, 0.29) is 0 Å². The van der Waals surface area contributed by atoms with Crippen molar-refractivity contribution in [1.29, 1.82) is 0 Å². The lowest BCUT2D eigenvalue weighted by Crippen LogP contribution is -2.26. The normalized spacial score (nSPS) is 12.1. The highest BCUT2D eigenvalue weighted by Gasteiger charge is 2.17. The van der Waals surface area contributed by atoms with Crippen LogP contribution in [0.1, 0.15) is 26.3 Å². The van der Waals surface area contributed by atoms with E-state index >= 15 is 0 Å². The molecule has 0 fully saturated rings. The fourth-order valence-corrected chi connectivity index (χ4v) is 1.82. The Morgan fingerprint density at radius 3 is 2.52 bits per heavy atom. The van der Waals surface area contributed by atoms with Crippen molar-refractivity contribution in [3.8, 4) is 11.5 Å². The quantitative estimate of drug-likeness (QED) is 0.746. The van der Waals surface area contributed by atoms with Gasteiger partial charge in [0.2, 0.25) is 0 Å². The number of carbonyl (C=O) groups is 1. The van der Waals surface area contributed by atoms with Crippen molar-refractivity contribution in [3.63, 3.8) is 0 Å². The number of ether oxygens (including phenoxy) is 3. The maximum absolute atomic E-state index is 11.5. The van der Waals surface area contributed by atoms with Crippen LogP contribution >= 0.6 is 0 Å². The molecule has 0 heterocycles. The maximum atomic E-state index is 11.5. The first-order valence-electron chi connectivity index (χ1n) is 7.10. The highest BCUT2D eigenvalue weighted by molar-refractivity contribution is 5.74. The van der Waals surface area contributed by atoms with E-state index in [4.69, 9.17) is 9.47 Å². The monoisotopic (exact) mass is 295 g/mol. The zero-order valence-corrected chi connectivity index (χ0v) is 13.4. The Morgan fingerprint density at radius 2 is 1.95 bits per heavy atom. The largest absolute Gasteiger partial charge is 0.497 e. The van der Waals surface area contributed by atoms with Gasteiger partial charge in [-0.1, -0.05) is 19.9 Å². The SMILES string of the molecule is COC(=O)C(C)Oc1cc(OC)ccc1CNCC(C)C. The summed E-state index contributed by atoms with van der Waals surface area (Å²) in [6.07, 6.45) is -0.661. The van der Waals surface area contributed by atoms with Gasteiger partial charge in [0.05, 0.1) is 14.2 Å². The highest BCUT2D eigenvalue weighted by Crippen LogP contribution is 2.26. The van der Waals surface area contributed by atoms with Crippen molar-refractivity contribution in [1.82, 2.24) is 5.32 Å². The van der Waals surface area contributed by atoms with Crippen LogP contribution in [-0.2, 0) is 16.1 Å². The molecular weight excluding hydrogens is 270 g/mol. The molecule has 21 heavy (non-hydrogen) atoms. The van der Waals surface area contributed by atoms with Gasteiger partial charge in [0.25, 0.3) is 0 Å². The Labute approximate surface area is 126 Å². The van der Waals surface area contributed by atoms with Gasteiger partial charge < -0.3 is 19.5 Å². The van der Waals surface area contributed by atoms with E-state index in [1.54, 1.807) is 20.1 Å². The van der Waals surface area contributed by atoms with Crippen LogP contribution in [0, 0.1) is 5.92 Å². The molecule has 0 aliphatic carbocycles. The van der Waals surface area contributed by atoms with Crippen molar-refractivity contribution in [2.75, 3.05) is 20.8 Å². The second-order valence-electron chi connectivity index (χ2n) is 5.28. The van der Waals surface area contributed by atoms with Gasteiger partial charge in [0, 0.05) is 18.2 Å². The molecule has 1 aromatic carbocycles. The molecule has 1 atom stereocenters. The first kappa shape index (κ1) is 17.3. The van der Waals surface area contributed by atoms with E-state index in [1.165, 1.54) is 7.11 Å². The molecule has 1 N–H and O–H groups in total. The molecule has 1 aromatic rings. The summed E-state index contributed by atoms with van der Waals surface area (Å²) in [6.45, 7) is 7.55. The van der Waals surface area contributed by atoms with Gasteiger partial charge in [-0.25, -0.2) is 4.79 Å². The van der Waals surface area contributed by atoms with Gasteiger partial charge >= 0.3 is 5.97 Å². The molecule has 0 saturated carbocycles. The summed E-state index contributed by atoms with van der Waals surface area (Å²) < 4.78 is 15.6. The predicted octanol–water partition coefficient (Wildman–Crippen LogP) is 2.38. The molecule has 0 bridgehead atoms. The molecule has 0 spiro atoms. The summed E-state index contributed by atoms with van der Waals surface area (Å²) in [7, 11) is 2.94. The summed E-state index contributed by atoms with van der Waals surface area (Å²) in [5, 5.41) is 3.36. The number of esters is 1. The van der Waals surface area contributed by atoms with E-state index in [0.717, 1.165) is 12.1 Å². The number of benzene rings is 1. The smallest absolute Gasteiger partial charge is 0.346 e. The molecule has 0 radical (unpaired) electrons. The van der Waals surface area contributed by atoms with Gasteiger partial charge in [-0.05, 0) is 25.5 Å². The van der Waals surface area contributed by atoms with E-state index in [1.807, 2.05) is 12.1 Å². The topological polar surface area (TPSA) is 56.8 Å². The minimum atomic E-state index is -0.661. The van der Waals surface area contributed by atoms with Crippen LogP contribution in [0.25, 0.3) is 0 Å². The van der Waals surface area contributed by atoms with Crippen molar-refractivity contribution < 1.29 is 19.0 Å². The van der Waals surface area contributed by atoms with Crippen molar-refractivity contribution in [2.24, 2.45) is 5.92 Å². The molecule has 1 rings (SSSR count).